The summed E-state index contributed by atoms with van der Waals surface area (Å²) in [6.45, 7) is 1.02. The van der Waals surface area contributed by atoms with E-state index in [1.807, 2.05) is 84.9 Å². The third-order valence-corrected chi connectivity index (χ3v) is 7.13. The van der Waals surface area contributed by atoms with E-state index in [1.54, 1.807) is 4.90 Å². The number of carbonyl (C=O) groups excluding carboxylic acids is 3. The van der Waals surface area contributed by atoms with Crippen molar-refractivity contribution < 1.29 is 14.4 Å². The van der Waals surface area contributed by atoms with E-state index in [2.05, 4.69) is 10.6 Å². The highest BCUT2D eigenvalue weighted by Gasteiger charge is 2.46. The van der Waals surface area contributed by atoms with Gasteiger partial charge in [-0.1, -0.05) is 78.3 Å². The van der Waals surface area contributed by atoms with E-state index >= 15 is 0 Å². The molecule has 8 heteroatoms. The third kappa shape index (κ3) is 5.78. The van der Waals surface area contributed by atoms with Crippen molar-refractivity contribution in [2.75, 3.05) is 18.4 Å². The highest BCUT2D eigenvalue weighted by Crippen LogP contribution is 2.24. The molecule has 0 aliphatic carbocycles. The van der Waals surface area contributed by atoms with Crippen molar-refractivity contribution in [2.45, 2.75) is 37.4 Å². The van der Waals surface area contributed by atoms with Gasteiger partial charge in [0.2, 0.25) is 5.91 Å². The quantitative estimate of drug-likeness (QED) is 0.441. The molecule has 2 fully saturated rings. The van der Waals surface area contributed by atoms with Crippen LogP contribution in [0.5, 0.6) is 0 Å². The molecule has 2 saturated heterocycles. The number of anilines is 1. The minimum atomic E-state index is -0.916. The molecular formula is C29H29ClN4O3. The smallest absolute Gasteiger partial charge is 0.325 e. The monoisotopic (exact) mass is 516 g/mol. The van der Waals surface area contributed by atoms with E-state index in [-0.39, 0.29) is 24.3 Å². The molecule has 2 N–H and O–H groups in total. The first-order valence-electron chi connectivity index (χ1n) is 12.5. The Labute approximate surface area is 221 Å². The van der Waals surface area contributed by atoms with Crippen molar-refractivity contribution in [3.8, 4) is 0 Å². The Morgan fingerprint density at radius 2 is 1.68 bits per heavy atom. The molecule has 0 bridgehead atoms. The minimum Gasteiger partial charge on any atom is -0.380 e. The molecule has 3 unspecified atom stereocenters. The van der Waals surface area contributed by atoms with Gasteiger partial charge in [-0.15, -0.1) is 0 Å². The summed E-state index contributed by atoms with van der Waals surface area (Å²) in [4.78, 5) is 43.3. The molecule has 0 saturated carbocycles. The Bertz CT molecular complexity index is 1270. The number of amides is 4. The molecule has 2 aliphatic heterocycles. The Morgan fingerprint density at radius 3 is 2.38 bits per heavy atom. The number of hydrogen-bond donors (Lipinski definition) is 2. The van der Waals surface area contributed by atoms with Gasteiger partial charge >= 0.3 is 6.03 Å². The first kappa shape index (κ1) is 24.8. The molecule has 0 spiro atoms. The van der Waals surface area contributed by atoms with Gasteiger partial charge in [-0.25, -0.2) is 9.69 Å². The first-order valence-corrected chi connectivity index (χ1v) is 12.9. The van der Waals surface area contributed by atoms with Crippen molar-refractivity contribution >= 4 is 35.1 Å². The average Bonchev–Trinajstić information content (AvgIpc) is 3.47. The van der Waals surface area contributed by atoms with Crippen LogP contribution in [0.3, 0.4) is 0 Å². The van der Waals surface area contributed by atoms with Crippen molar-refractivity contribution in [3.63, 3.8) is 0 Å². The zero-order valence-corrected chi connectivity index (χ0v) is 21.1. The Hall–Kier alpha value is -3.84. The third-order valence-electron chi connectivity index (χ3n) is 6.90. The van der Waals surface area contributed by atoms with Crippen LogP contribution in [0.4, 0.5) is 10.5 Å². The van der Waals surface area contributed by atoms with Gasteiger partial charge in [0.25, 0.3) is 5.91 Å². The lowest BCUT2D eigenvalue weighted by Gasteiger charge is -2.29. The average molecular weight is 517 g/mol. The molecule has 5 rings (SSSR count). The summed E-state index contributed by atoms with van der Waals surface area (Å²) in [6.07, 6.45) is 1.40. The first-order chi connectivity index (χ1) is 18.0. The van der Waals surface area contributed by atoms with Gasteiger partial charge in [-0.05, 0) is 35.7 Å². The molecule has 7 nitrogen and oxygen atoms in total. The van der Waals surface area contributed by atoms with E-state index in [1.165, 1.54) is 0 Å². The number of halogens is 1. The number of carbonyl (C=O) groups is 3. The lowest BCUT2D eigenvalue weighted by Crippen LogP contribution is -2.52. The zero-order valence-electron chi connectivity index (χ0n) is 20.3. The van der Waals surface area contributed by atoms with Gasteiger partial charge in [0.1, 0.15) is 12.1 Å². The number of nitrogens with zero attached hydrogens (tertiary/aromatic N) is 2. The van der Waals surface area contributed by atoms with Gasteiger partial charge < -0.3 is 15.5 Å². The number of imide groups is 1. The number of likely N-dealkylation sites (tertiary alicyclic amines) is 1. The van der Waals surface area contributed by atoms with Crippen molar-refractivity contribution in [2.24, 2.45) is 0 Å². The molecule has 2 heterocycles. The SMILES string of the molecule is O=C(C(Cc1ccccc1)N1C(=O)NC(Cc2ccccc2)C1=O)N1CCC(Nc2cccc(Cl)c2)C1. The van der Waals surface area contributed by atoms with Crippen LogP contribution in [0.15, 0.2) is 84.9 Å². The highest BCUT2D eigenvalue weighted by atomic mass is 35.5. The fourth-order valence-corrected chi connectivity index (χ4v) is 5.25. The molecule has 3 aromatic rings. The molecule has 0 aromatic heterocycles. The van der Waals surface area contributed by atoms with Crippen LogP contribution in [0.25, 0.3) is 0 Å². The fourth-order valence-electron chi connectivity index (χ4n) is 5.06. The second-order valence-electron chi connectivity index (χ2n) is 9.53. The van der Waals surface area contributed by atoms with E-state index < -0.39 is 18.1 Å². The number of hydrogen-bond acceptors (Lipinski definition) is 4. The normalized spacial score (nSPS) is 20.1. The maximum absolute atomic E-state index is 13.8. The van der Waals surface area contributed by atoms with Gasteiger partial charge in [-0.2, -0.15) is 0 Å². The summed E-state index contributed by atoms with van der Waals surface area (Å²) in [7, 11) is 0. The summed E-state index contributed by atoms with van der Waals surface area (Å²) in [6, 6.07) is 24.5. The second-order valence-corrected chi connectivity index (χ2v) is 9.97. The minimum absolute atomic E-state index is 0.0497. The molecule has 3 aromatic carbocycles. The summed E-state index contributed by atoms with van der Waals surface area (Å²) >= 11 is 6.11. The predicted octanol–water partition coefficient (Wildman–Crippen LogP) is 4.13. The fraction of sp³-hybridized carbons (Fsp3) is 0.276. The van der Waals surface area contributed by atoms with Gasteiger partial charge in [0.15, 0.2) is 0 Å². The van der Waals surface area contributed by atoms with Crippen LogP contribution < -0.4 is 10.6 Å². The molecule has 0 radical (unpaired) electrons. The zero-order chi connectivity index (χ0) is 25.8. The number of benzene rings is 3. The lowest BCUT2D eigenvalue weighted by molar-refractivity contribution is -0.141. The van der Waals surface area contributed by atoms with E-state index in [9.17, 15) is 14.4 Å². The Morgan fingerprint density at radius 1 is 0.973 bits per heavy atom. The van der Waals surface area contributed by atoms with Crippen LogP contribution in [-0.4, -0.2) is 58.9 Å². The lowest BCUT2D eigenvalue weighted by atomic mass is 10.0. The number of urea groups is 1. The molecule has 190 valence electrons. The van der Waals surface area contributed by atoms with Gasteiger partial charge in [-0.3, -0.25) is 9.59 Å². The molecule has 37 heavy (non-hydrogen) atoms. The Kier molecular flexibility index (Phi) is 7.42. The topological polar surface area (TPSA) is 81.8 Å². The van der Waals surface area contributed by atoms with Crippen molar-refractivity contribution in [3.05, 3.63) is 101 Å². The summed E-state index contributed by atoms with van der Waals surface area (Å²) < 4.78 is 0. The largest absolute Gasteiger partial charge is 0.380 e. The maximum Gasteiger partial charge on any atom is 0.325 e. The van der Waals surface area contributed by atoms with Crippen molar-refractivity contribution in [1.29, 1.82) is 0 Å². The highest BCUT2D eigenvalue weighted by molar-refractivity contribution is 6.30. The summed E-state index contributed by atoms with van der Waals surface area (Å²) in [5.74, 6) is -0.584. The van der Waals surface area contributed by atoms with E-state index in [0.717, 1.165) is 28.1 Å². The summed E-state index contributed by atoms with van der Waals surface area (Å²) in [5.41, 5.74) is 2.73. The Balaban J connectivity index is 1.33. The van der Waals surface area contributed by atoms with Gasteiger partial charge in [0, 0.05) is 42.7 Å². The molecule has 4 amide bonds. The van der Waals surface area contributed by atoms with Gasteiger partial charge in [0.05, 0.1) is 0 Å². The second kappa shape index (κ2) is 11.0. The molecule has 3 atom stereocenters. The molecular weight excluding hydrogens is 488 g/mol. The van der Waals surface area contributed by atoms with Crippen LogP contribution in [0.2, 0.25) is 5.02 Å². The van der Waals surface area contributed by atoms with E-state index in [0.29, 0.717) is 24.5 Å². The summed E-state index contributed by atoms with van der Waals surface area (Å²) in [5, 5.41) is 6.88. The van der Waals surface area contributed by atoms with E-state index in [4.69, 9.17) is 11.6 Å². The van der Waals surface area contributed by atoms with Crippen molar-refractivity contribution in [1.82, 2.24) is 15.1 Å². The molecule has 2 aliphatic rings. The standard InChI is InChI=1S/C29H29ClN4O3/c30-22-12-7-13-23(18-22)31-24-14-15-33(19-24)28(36)26(17-21-10-5-2-6-11-21)34-27(35)25(32-29(34)37)16-20-8-3-1-4-9-20/h1-13,18,24-26,31H,14-17,19H2,(H,32,37). The van der Waals surface area contributed by atoms with Crippen LogP contribution >= 0.6 is 11.6 Å². The number of nitrogens with one attached hydrogen (secondary N) is 2. The van der Waals surface area contributed by atoms with Crippen LogP contribution in [0, 0.1) is 0 Å². The predicted molar refractivity (Wildman–Crippen MR) is 143 cm³/mol. The van der Waals surface area contributed by atoms with Crippen LogP contribution in [0.1, 0.15) is 17.5 Å². The number of rotatable bonds is 8. The van der Waals surface area contributed by atoms with Crippen LogP contribution in [-0.2, 0) is 22.4 Å². The maximum atomic E-state index is 13.8.